The third-order valence-electron chi connectivity index (χ3n) is 7.69. The average molecular weight is 565 g/mol. The number of likely N-dealkylation sites (tertiary alicyclic amines) is 1. The van der Waals surface area contributed by atoms with Crippen molar-refractivity contribution in [2.45, 2.75) is 44.9 Å². The van der Waals surface area contributed by atoms with E-state index >= 15 is 4.39 Å². The van der Waals surface area contributed by atoms with Gasteiger partial charge in [-0.15, -0.1) is 0 Å². The summed E-state index contributed by atoms with van der Waals surface area (Å²) in [5.74, 6) is -4.76. The summed E-state index contributed by atoms with van der Waals surface area (Å²) in [6.45, 7) is 1.21. The van der Waals surface area contributed by atoms with Crippen molar-refractivity contribution in [2.24, 2.45) is 5.41 Å². The van der Waals surface area contributed by atoms with E-state index in [1.807, 2.05) is 4.90 Å². The van der Waals surface area contributed by atoms with Gasteiger partial charge < -0.3 is 19.7 Å². The number of fused-ring (bicyclic) bond motifs is 1. The molecule has 0 spiro atoms. The highest BCUT2D eigenvalue weighted by Crippen LogP contribution is 2.43. The SMILES string of the molecule is COc1ccc2ncc(CO)c([C@@H](F)CCC3(CC(=O)O)CCN(CCOc4cc(F)c(F)c(F)c4)CC3)c2c1. The minimum Gasteiger partial charge on any atom is -0.497 e. The van der Waals surface area contributed by atoms with E-state index < -0.39 is 35.0 Å². The number of aliphatic hydroxyl groups is 1. The monoisotopic (exact) mass is 564 g/mol. The maximum Gasteiger partial charge on any atom is 0.303 e. The largest absolute Gasteiger partial charge is 0.497 e. The van der Waals surface area contributed by atoms with Gasteiger partial charge in [0.2, 0.25) is 0 Å². The maximum atomic E-state index is 15.9. The zero-order valence-corrected chi connectivity index (χ0v) is 22.1. The number of benzene rings is 2. The third kappa shape index (κ3) is 6.82. The molecular weight excluding hydrogens is 532 g/mol. The van der Waals surface area contributed by atoms with Crippen LogP contribution in [0.1, 0.15) is 49.4 Å². The lowest BCUT2D eigenvalue weighted by Crippen LogP contribution is -2.42. The number of aliphatic hydroxyl groups excluding tert-OH is 1. The van der Waals surface area contributed by atoms with E-state index in [9.17, 15) is 28.2 Å². The molecule has 3 aromatic rings. The minimum atomic E-state index is -1.56. The molecule has 0 saturated carbocycles. The summed E-state index contributed by atoms with van der Waals surface area (Å²) in [6.07, 6.45) is 1.34. The summed E-state index contributed by atoms with van der Waals surface area (Å²) in [4.78, 5) is 18.1. The zero-order chi connectivity index (χ0) is 28.9. The molecule has 1 aliphatic rings. The van der Waals surface area contributed by atoms with Crippen molar-refractivity contribution in [3.63, 3.8) is 0 Å². The number of alkyl halides is 1. The normalized spacial score (nSPS) is 16.1. The van der Waals surface area contributed by atoms with Crippen molar-refractivity contribution < 1.29 is 42.0 Å². The number of hydrogen-bond acceptors (Lipinski definition) is 6. The second kappa shape index (κ2) is 12.8. The van der Waals surface area contributed by atoms with Crippen LogP contribution in [0, 0.1) is 22.9 Å². The first kappa shape index (κ1) is 29.5. The van der Waals surface area contributed by atoms with Crippen LogP contribution in [-0.4, -0.2) is 59.4 Å². The number of carboxylic acids is 1. The van der Waals surface area contributed by atoms with Gasteiger partial charge in [-0.1, -0.05) is 0 Å². The zero-order valence-electron chi connectivity index (χ0n) is 22.1. The van der Waals surface area contributed by atoms with Crippen molar-refractivity contribution in [2.75, 3.05) is 33.4 Å². The number of methoxy groups -OCH3 is 1. The lowest BCUT2D eigenvalue weighted by atomic mass is 9.71. The Kier molecular flexibility index (Phi) is 9.47. The average Bonchev–Trinajstić information content (AvgIpc) is 2.94. The second-order valence-corrected chi connectivity index (χ2v) is 10.2. The molecule has 0 amide bonds. The van der Waals surface area contributed by atoms with Gasteiger partial charge in [0, 0.05) is 41.4 Å². The van der Waals surface area contributed by atoms with Crippen LogP contribution >= 0.6 is 0 Å². The molecule has 2 aromatic carbocycles. The van der Waals surface area contributed by atoms with Crippen LogP contribution in [0.15, 0.2) is 36.5 Å². The Morgan fingerprint density at radius 3 is 2.45 bits per heavy atom. The van der Waals surface area contributed by atoms with E-state index in [1.165, 1.54) is 13.3 Å². The van der Waals surface area contributed by atoms with Gasteiger partial charge in [-0.25, -0.2) is 17.6 Å². The van der Waals surface area contributed by atoms with Crippen LogP contribution in [0.25, 0.3) is 10.9 Å². The lowest BCUT2D eigenvalue weighted by molar-refractivity contribution is -0.141. The fourth-order valence-corrected chi connectivity index (χ4v) is 5.43. The number of ether oxygens (including phenoxy) is 2. The first-order chi connectivity index (χ1) is 19.1. The van der Waals surface area contributed by atoms with Crippen molar-refractivity contribution in [3.05, 3.63) is 65.1 Å². The molecule has 216 valence electrons. The highest BCUT2D eigenvalue weighted by atomic mass is 19.2. The standard InChI is InChI=1S/C29H32F4N2O5/c1-39-19-2-3-25-21(12-19)27(18(17-36)16-34-25)22(30)4-5-29(15-26(37)38)6-8-35(9-7-29)10-11-40-20-13-23(31)28(33)24(32)14-20/h2-3,12-14,16,22,36H,4-11,15,17H2,1H3,(H,37,38)/t22-/m0/s1. The molecule has 0 bridgehead atoms. The predicted octanol–water partition coefficient (Wildman–Crippen LogP) is 5.58. The summed E-state index contributed by atoms with van der Waals surface area (Å²) in [6, 6.07) is 6.70. The van der Waals surface area contributed by atoms with Gasteiger partial charge >= 0.3 is 5.97 Å². The molecule has 0 unspecified atom stereocenters. The summed E-state index contributed by atoms with van der Waals surface area (Å²) in [5.41, 5.74) is 0.658. The van der Waals surface area contributed by atoms with Gasteiger partial charge in [-0.3, -0.25) is 14.7 Å². The van der Waals surface area contributed by atoms with E-state index in [-0.39, 0.29) is 31.8 Å². The molecule has 2 N–H and O–H groups in total. The Bertz CT molecular complexity index is 1320. The molecule has 1 aliphatic heterocycles. The van der Waals surface area contributed by atoms with Crippen molar-refractivity contribution in [3.8, 4) is 11.5 Å². The van der Waals surface area contributed by atoms with Crippen LogP contribution in [0.5, 0.6) is 11.5 Å². The number of aromatic nitrogens is 1. The molecule has 1 atom stereocenters. The molecule has 11 heteroatoms. The molecule has 2 heterocycles. The van der Waals surface area contributed by atoms with Gasteiger partial charge in [-0.2, -0.15) is 0 Å². The molecule has 0 radical (unpaired) electrons. The van der Waals surface area contributed by atoms with E-state index in [2.05, 4.69) is 4.98 Å². The van der Waals surface area contributed by atoms with Crippen LogP contribution in [-0.2, 0) is 11.4 Å². The number of nitrogens with zero attached hydrogens (tertiary/aromatic N) is 2. The number of hydrogen-bond donors (Lipinski definition) is 2. The Balaban J connectivity index is 1.40. The van der Waals surface area contributed by atoms with Crippen LogP contribution in [0.4, 0.5) is 17.6 Å². The fraction of sp³-hybridized carbons (Fsp3) is 0.448. The highest BCUT2D eigenvalue weighted by molar-refractivity contribution is 5.85. The molecule has 1 fully saturated rings. The smallest absolute Gasteiger partial charge is 0.303 e. The Morgan fingerprint density at radius 1 is 1.12 bits per heavy atom. The molecule has 7 nitrogen and oxygen atoms in total. The summed E-state index contributed by atoms with van der Waals surface area (Å²) in [7, 11) is 1.51. The van der Waals surface area contributed by atoms with Gasteiger partial charge in [0.25, 0.3) is 0 Å². The van der Waals surface area contributed by atoms with Gasteiger partial charge in [0.1, 0.15) is 24.3 Å². The van der Waals surface area contributed by atoms with E-state index in [1.54, 1.807) is 18.2 Å². The minimum absolute atomic E-state index is 0.0708. The van der Waals surface area contributed by atoms with E-state index in [0.29, 0.717) is 66.7 Å². The molecule has 40 heavy (non-hydrogen) atoms. The molecular formula is C29H32F4N2O5. The van der Waals surface area contributed by atoms with Gasteiger partial charge in [0.05, 0.1) is 25.7 Å². The van der Waals surface area contributed by atoms with Crippen molar-refractivity contribution in [1.29, 1.82) is 0 Å². The van der Waals surface area contributed by atoms with Crippen LogP contribution in [0.2, 0.25) is 0 Å². The first-order valence-electron chi connectivity index (χ1n) is 13.1. The van der Waals surface area contributed by atoms with Gasteiger partial charge in [-0.05, 0) is 62.4 Å². The number of piperidine rings is 1. The predicted molar refractivity (Wildman–Crippen MR) is 139 cm³/mol. The fourth-order valence-electron chi connectivity index (χ4n) is 5.43. The van der Waals surface area contributed by atoms with E-state index in [0.717, 1.165) is 12.1 Å². The summed E-state index contributed by atoms with van der Waals surface area (Å²) < 4.78 is 66.5. The Morgan fingerprint density at radius 2 is 1.82 bits per heavy atom. The van der Waals surface area contributed by atoms with Gasteiger partial charge in [0.15, 0.2) is 17.5 Å². The number of carbonyl (C=O) groups is 1. The Hall–Kier alpha value is -3.44. The topological polar surface area (TPSA) is 92.1 Å². The Labute approximate surface area is 229 Å². The highest BCUT2D eigenvalue weighted by Gasteiger charge is 2.37. The quantitative estimate of drug-likeness (QED) is 0.219. The number of halogens is 4. The molecule has 4 rings (SSSR count). The van der Waals surface area contributed by atoms with Crippen molar-refractivity contribution >= 4 is 16.9 Å². The third-order valence-corrected chi connectivity index (χ3v) is 7.69. The lowest BCUT2D eigenvalue weighted by Gasteiger charge is -2.41. The van der Waals surface area contributed by atoms with E-state index in [4.69, 9.17) is 9.47 Å². The van der Waals surface area contributed by atoms with Crippen LogP contribution in [0.3, 0.4) is 0 Å². The van der Waals surface area contributed by atoms with Crippen LogP contribution < -0.4 is 9.47 Å². The first-order valence-corrected chi connectivity index (χ1v) is 13.1. The molecule has 0 aliphatic carbocycles. The van der Waals surface area contributed by atoms with Crippen molar-refractivity contribution in [1.82, 2.24) is 9.88 Å². The summed E-state index contributed by atoms with van der Waals surface area (Å²) >= 11 is 0. The number of rotatable bonds is 12. The number of carboxylic acid groups (broad SMARTS) is 1. The summed E-state index contributed by atoms with van der Waals surface area (Å²) in [5, 5.41) is 20.0. The second-order valence-electron chi connectivity index (χ2n) is 10.2. The maximum absolute atomic E-state index is 15.9. The molecule has 1 aromatic heterocycles. The number of aliphatic carboxylic acids is 1. The number of pyridine rings is 1. The molecule has 1 saturated heterocycles.